The van der Waals surface area contributed by atoms with Crippen LogP contribution >= 0.6 is 0 Å². The molecular formula is C19H46O4Si4. The van der Waals surface area contributed by atoms with Gasteiger partial charge in [0.25, 0.3) is 0 Å². The summed E-state index contributed by atoms with van der Waals surface area (Å²) in [4.78, 5) is 0. The van der Waals surface area contributed by atoms with Gasteiger partial charge in [-0.3, -0.25) is 0 Å². The molecule has 0 aromatic rings. The number of hydrogen-bond acceptors (Lipinski definition) is 4. The lowest BCUT2D eigenvalue weighted by Crippen LogP contribution is -2.66. The van der Waals surface area contributed by atoms with Crippen molar-refractivity contribution in [1.29, 1.82) is 0 Å². The minimum absolute atomic E-state index is 0.0663. The van der Waals surface area contributed by atoms with E-state index in [0.717, 1.165) is 12.5 Å². The van der Waals surface area contributed by atoms with Gasteiger partial charge in [0.2, 0.25) is 0 Å². The van der Waals surface area contributed by atoms with Gasteiger partial charge in [-0.05, 0) is 68.1 Å². The van der Waals surface area contributed by atoms with Crippen LogP contribution in [-0.4, -0.2) is 34.2 Å². The lowest BCUT2D eigenvalue weighted by Gasteiger charge is -2.57. The third-order valence-electron chi connectivity index (χ3n) is 6.61. The van der Waals surface area contributed by atoms with Gasteiger partial charge in [0.05, 0.1) is 0 Å². The van der Waals surface area contributed by atoms with E-state index in [1.165, 1.54) is 0 Å². The van der Waals surface area contributed by atoms with Gasteiger partial charge >= 0.3 is 34.2 Å². The molecule has 0 saturated carbocycles. The van der Waals surface area contributed by atoms with E-state index >= 15 is 0 Å². The van der Waals surface area contributed by atoms with E-state index in [2.05, 4.69) is 94.3 Å². The van der Waals surface area contributed by atoms with Gasteiger partial charge in [-0.2, -0.15) is 0 Å². The monoisotopic (exact) mass is 450 g/mol. The van der Waals surface area contributed by atoms with E-state index in [9.17, 15) is 0 Å². The molecule has 1 saturated heterocycles. The molecule has 0 aromatic heterocycles. The molecule has 162 valence electrons. The fourth-order valence-corrected chi connectivity index (χ4v) is 27.8. The van der Waals surface area contributed by atoms with Crippen molar-refractivity contribution in [2.75, 3.05) is 0 Å². The van der Waals surface area contributed by atoms with Crippen molar-refractivity contribution in [2.24, 2.45) is 16.2 Å². The van der Waals surface area contributed by atoms with Crippen LogP contribution in [0.15, 0.2) is 0 Å². The molecule has 0 N–H and O–H groups in total. The fourth-order valence-electron chi connectivity index (χ4n) is 4.93. The number of rotatable bonds is 4. The summed E-state index contributed by atoms with van der Waals surface area (Å²) in [5.74, 6) is 0. The molecule has 1 atom stereocenters. The van der Waals surface area contributed by atoms with Crippen molar-refractivity contribution >= 4 is 34.2 Å². The molecule has 1 aliphatic rings. The lowest BCUT2D eigenvalue weighted by atomic mass is 9.54. The van der Waals surface area contributed by atoms with E-state index < -0.39 is 34.2 Å². The third-order valence-corrected chi connectivity index (χ3v) is 23.2. The molecule has 0 radical (unpaired) electrons. The quantitative estimate of drug-likeness (QED) is 0.445. The lowest BCUT2D eigenvalue weighted by molar-refractivity contribution is -0.0171. The molecule has 0 aliphatic carbocycles. The summed E-state index contributed by atoms with van der Waals surface area (Å²) >= 11 is 0. The predicted molar refractivity (Wildman–Crippen MR) is 125 cm³/mol. The Hall–Kier alpha value is 0.708. The first kappa shape index (κ1) is 25.7. The molecule has 1 unspecified atom stereocenters. The molecule has 1 aliphatic heterocycles. The molecule has 0 amide bonds. The van der Waals surface area contributed by atoms with Crippen molar-refractivity contribution in [1.82, 2.24) is 0 Å². The second kappa shape index (κ2) is 7.44. The Morgan fingerprint density at radius 2 is 0.926 bits per heavy atom. The van der Waals surface area contributed by atoms with Crippen LogP contribution in [0.1, 0.15) is 54.9 Å². The Morgan fingerprint density at radius 3 is 1.22 bits per heavy atom. The Labute approximate surface area is 173 Å². The van der Waals surface area contributed by atoms with Crippen molar-refractivity contribution in [3.05, 3.63) is 0 Å². The van der Waals surface area contributed by atoms with Crippen LogP contribution in [0.4, 0.5) is 0 Å². The van der Waals surface area contributed by atoms with Gasteiger partial charge in [0.1, 0.15) is 0 Å². The summed E-state index contributed by atoms with van der Waals surface area (Å²) in [6.45, 7) is 31.7. The van der Waals surface area contributed by atoms with E-state index in [1.807, 2.05) is 0 Å². The van der Waals surface area contributed by atoms with Gasteiger partial charge < -0.3 is 16.5 Å². The first-order valence-electron chi connectivity index (χ1n) is 10.4. The predicted octanol–water partition coefficient (Wildman–Crippen LogP) is 6.73. The molecule has 0 spiro atoms. The average molecular weight is 451 g/mol. The first-order valence-corrected chi connectivity index (χ1v) is 21.4. The average Bonchev–Trinajstić information content (AvgIpc) is 2.29. The van der Waals surface area contributed by atoms with E-state index in [0.29, 0.717) is 0 Å². The fraction of sp³-hybridized carbons (Fsp3) is 1.00. The van der Waals surface area contributed by atoms with Crippen LogP contribution in [0, 0.1) is 16.2 Å². The van der Waals surface area contributed by atoms with Gasteiger partial charge in [-0.1, -0.05) is 54.9 Å². The minimum atomic E-state index is -2.53. The van der Waals surface area contributed by atoms with Crippen molar-refractivity contribution in [2.45, 2.75) is 107 Å². The normalized spacial score (nSPS) is 27.3. The van der Waals surface area contributed by atoms with E-state index in [-0.39, 0.29) is 16.2 Å². The first-order chi connectivity index (χ1) is 11.6. The number of hydrogen-bond donors (Lipinski definition) is 0. The van der Waals surface area contributed by atoms with Crippen LogP contribution in [0.3, 0.4) is 0 Å². The Balaban J connectivity index is 3.42. The van der Waals surface area contributed by atoms with E-state index in [4.69, 9.17) is 16.5 Å². The Bertz CT molecular complexity index is 518. The highest BCUT2D eigenvalue weighted by molar-refractivity contribution is 6.93. The maximum Gasteiger partial charge on any atom is 0.317 e. The third kappa shape index (κ3) is 6.10. The SMILES string of the molecule is CCC(C)(C)C(C)(C[Si]1(C)O[Si](C)(C)O[Si](C)(C)O[Si](C)(C)O1)C(C)(C)C. The van der Waals surface area contributed by atoms with Crippen LogP contribution in [0.5, 0.6) is 0 Å². The summed E-state index contributed by atoms with van der Waals surface area (Å²) in [6.07, 6.45) is 1.12. The summed E-state index contributed by atoms with van der Waals surface area (Å²) in [5, 5.41) is 0. The van der Waals surface area contributed by atoms with Crippen LogP contribution in [0.2, 0.25) is 51.9 Å². The molecular weight excluding hydrogens is 405 g/mol. The Kier molecular flexibility index (Phi) is 7.09. The maximum absolute atomic E-state index is 6.89. The molecule has 27 heavy (non-hydrogen) atoms. The minimum Gasteiger partial charge on any atom is -0.416 e. The van der Waals surface area contributed by atoms with Gasteiger partial charge in [0, 0.05) is 0 Å². The van der Waals surface area contributed by atoms with Crippen molar-refractivity contribution in [3.8, 4) is 0 Å². The highest BCUT2D eigenvalue weighted by atomic mass is 28.5. The molecule has 1 rings (SSSR count). The second-order valence-corrected chi connectivity index (χ2v) is 26.0. The summed E-state index contributed by atoms with van der Waals surface area (Å²) in [6, 6.07) is 0.950. The molecule has 4 nitrogen and oxygen atoms in total. The van der Waals surface area contributed by atoms with Crippen LogP contribution in [0.25, 0.3) is 0 Å². The maximum atomic E-state index is 6.89. The highest BCUT2D eigenvalue weighted by Gasteiger charge is 2.58. The molecule has 1 fully saturated rings. The standard InChI is InChI=1S/C19H46O4Si4/c1-15-18(5,6)19(7,17(2,3)4)16-27(14)22-25(10,11)20-24(8,9)21-26(12,13)23-27/h15-16H2,1-14H3. The topological polar surface area (TPSA) is 36.9 Å². The summed E-state index contributed by atoms with van der Waals surface area (Å²) < 4.78 is 26.8. The zero-order valence-electron chi connectivity index (χ0n) is 20.5. The van der Waals surface area contributed by atoms with Gasteiger partial charge in [-0.15, -0.1) is 0 Å². The zero-order valence-corrected chi connectivity index (χ0v) is 24.5. The largest absolute Gasteiger partial charge is 0.416 e. The van der Waals surface area contributed by atoms with Crippen LogP contribution < -0.4 is 0 Å². The second-order valence-electron chi connectivity index (χ2n) is 11.7. The van der Waals surface area contributed by atoms with E-state index in [1.54, 1.807) is 0 Å². The zero-order chi connectivity index (χ0) is 21.7. The Morgan fingerprint density at radius 1 is 0.593 bits per heavy atom. The van der Waals surface area contributed by atoms with Crippen molar-refractivity contribution < 1.29 is 16.5 Å². The van der Waals surface area contributed by atoms with Gasteiger partial charge in [0.15, 0.2) is 0 Å². The molecule has 0 bridgehead atoms. The van der Waals surface area contributed by atoms with Crippen LogP contribution in [-0.2, 0) is 16.5 Å². The highest BCUT2D eigenvalue weighted by Crippen LogP contribution is 2.58. The summed E-state index contributed by atoms with van der Waals surface area (Å²) in [7, 11) is -9.46. The molecule has 8 heteroatoms. The van der Waals surface area contributed by atoms with Crippen molar-refractivity contribution in [3.63, 3.8) is 0 Å². The smallest absolute Gasteiger partial charge is 0.317 e. The molecule has 0 aromatic carbocycles. The van der Waals surface area contributed by atoms with Gasteiger partial charge in [-0.25, -0.2) is 0 Å². The summed E-state index contributed by atoms with van der Waals surface area (Å²) in [5.41, 5.74) is 0.366. The molecule has 1 heterocycles.